The third kappa shape index (κ3) is 2.80. The molecule has 0 bridgehead atoms. The van der Waals surface area contributed by atoms with Crippen LogP contribution in [-0.4, -0.2) is 0 Å². The van der Waals surface area contributed by atoms with Crippen LogP contribution in [0.3, 0.4) is 0 Å². The molecule has 0 amide bonds. The summed E-state index contributed by atoms with van der Waals surface area (Å²) in [5.41, 5.74) is 5.13. The lowest BCUT2D eigenvalue weighted by atomic mass is 9.98. The second-order valence-electron chi connectivity index (χ2n) is 4.20. The molecule has 0 fully saturated rings. The fourth-order valence-electron chi connectivity index (χ4n) is 1.93. The van der Waals surface area contributed by atoms with Gasteiger partial charge >= 0.3 is 6.18 Å². The predicted octanol–water partition coefficient (Wildman–Crippen LogP) is 4.11. The van der Waals surface area contributed by atoms with Crippen LogP contribution in [0, 0.1) is 11.6 Å². The van der Waals surface area contributed by atoms with E-state index in [9.17, 15) is 22.0 Å². The molecule has 0 heterocycles. The van der Waals surface area contributed by atoms with Crippen molar-refractivity contribution in [3.8, 4) is 11.1 Å². The fourth-order valence-corrected chi connectivity index (χ4v) is 1.93. The van der Waals surface area contributed by atoms with Crippen molar-refractivity contribution in [2.75, 3.05) is 0 Å². The Labute approximate surface area is 111 Å². The largest absolute Gasteiger partial charge is 0.419 e. The Bertz CT molecular complexity index is 634. The molecular weight excluding hydrogens is 277 g/mol. The first-order valence-corrected chi connectivity index (χ1v) is 5.68. The number of alkyl halides is 3. The van der Waals surface area contributed by atoms with Crippen LogP contribution in [-0.2, 0) is 12.7 Å². The highest BCUT2D eigenvalue weighted by molar-refractivity contribution is 5.68. The molecule has 2 aromatic carbocycles. The molecule has 6 heteroatoms. The van der Waals surface area contributed by atoms with E-state index in [1.165, 1.54) is 12.1 Å². The summed E-state index contributed by atoms with van der Waals surface area (Å²) in [5, 5.41) is 0. The number of hydrogen-bond donors (Lipinski definition) is 1. The minimum atomic E-state index is -4.75. The zero-order valence-electron chi connectivity index (χ0n) is 10.1. The maximum atomic E-state index is 13.5. The Morgan fingerprint density at radius 2 is 1.65 bits per heavy atom. The van der Waals surface area contributed by atoms with Crippen LogP contribution in [0.15, 0.2) is 36.4 Å². The Morgan fingerprint density at radius 3 is 2.20 bits per heavy atom. The molecule has 20 heavy (non-hydrogen) atoms. The first-order chi connectivity index (χ1) is 9.32. The van der Waals surface area contributed by atoms with E-state index in [0.717, 1.165) is 18.2 Å². The first-order valence-electron chi connectivity index (χ1n) is 5.68. The van der Waals surface area contributed by atoms with Crippen LogP contribution >= 0.6 is 0 Å². The molecule has 106 valence electrons. The summed E-state index contributed by atoms with van der Waals surface area (Å²) in [6.07, 6.45) is -4.75. The van der Waals surface area contributed by atoms with Crippen LogP contribution in [0.5, 0.6) is 0 Å². The lowest BCUT2D eigenvalue weighted by molar-refractivity contribution is -0.139. The van der Waals surface area contributed by atoms with E-state index in [1.807, 2.05) is 0 Å². The molecule has 0 radical (unpaired) electrons. The van der Waals surface area contributed by atoms with Crippen molar-refractivity contribution in [3.05, 3.63) is 59.2 Å². The van der Waals surface area contributed by atoms with Crippen LogP contribution in [0.1, 0.15) is 11.1 Å². The van der Waals surface area contributed by atoms with Gasteiger partial charge in [0.1, 0.15) is 11.6 Å². The maximum Gasteiger partial charge on any atom is 0.419 e. The Hall–Kier alpha value is -1.95. The van der Waals surface area contributed by atoms with Crippen molar-refractivity contribution in [2.24, 2.45) is 5.73 Å². The number of halogens is 5. The summed E-state index contributed by atoms with van der Waals surface area (Å²) in [5.74, 6) is -1.89. The van der Waals surface area contributed by atoms with E-state index in [0.29, 0.717) is 17.2 Å². The Balaban J connectivity index is 2.52. The van der Waals surface area contributed by atoms with E-state index in [2.05, 4.69) is 0 Å². The Kier molecular flexibility index (Phi) is 3.76. The van der Waals surface area contributed by atoms with Crippen molar-refractivity contribution in [1.82, 2.24) is 0 Å². The van der Waals surface area contributed by atoms with Crippen LogP contribution in [0.25, 0.3) is 11.1 Å². The highest BCUT2D eigenvalue weighted by Gasteiger charge is 2.34. The van der Waals surface area contributed by atoms with Gasteiger partial charge in [-0.15, -0.1) is 0 Å². The molecule has 0 unspecified atom stereocenters. The maximum absolute atomic E-state index is 13.5. The van der Waals surface area contributed by atoms with Crippen molar-refractivity contribution in [1.29, 1.82) is 0 Å². The molecule has 1 nitrogen and oxygen atoms in total. The zero-order chi connectivity index (χ0) is 14.9. The van der Waals surface area contributed by atoms with Gasteiger partial charge in [0, 0.05) is 6.54 Å². The summed E-state index contributed by atoms with van der Waals surface area (Å²) in [6.45, 7) is -0.00423. The lowest BCUT2D eigenvalue weighted by Gasteiger charge is -2.12. The molecule has 0 atom stereocenters. The molecular formula is C14H10F5N. The van der Waals surface area contributed by atoms with E-state index in [1.54, 1.807) is 0 Å². The lowest BCUT2D eigenvalue weighted by Crippen LogP contribution is -2.08. The molecule has 0 aliphatic carbocycles. The average molecular weight is 287 g/mol. The van der Waals surface area contributed by atoms with Crippen LogP contribution < -0.4 is 5.73 Å². The van der Waals surface area contributed by atoms with Crippen molar-refractivity contribution >= 4 is 0 Å². The van der Waals surface area contributed by atoms with Crippen molar-refractivity contribution in [3.63, 3.8) is 0 Å². The minimum absolute atomic E-state index is 0.00423. The number of hydrogen-bond acceptors (Lipinski definition) is 1. The van der Waals surface area contributed by atoms with Crippen molar-refractivity contribution in [2.45, 2.75) is 12.7 Å². The predicted molar refractivity (Wildman–Crippen MR) is 64.7 cm³/mol. The molecule has 0 spiro atoms. The van der Waals surface area contributed by atoms with Gasteiger partial charge in [-0.2, -0.15) is 13.2 Å². The topological polar surface area (TPSA) is 26.0 Å². The van der Waals surface area contributed by atoms with E-state index in [-0.39, 0.29) is 12.1 Å². The quantitative estimate of drug-likeness (QED) is 0.826. The zero-order valence-corrected chi connectivity index (χ0v) is 10.1. The van der Waals surface area contributed by atoms with Gasteiger partial charge in [0.25, 0.3) is 0 Å². The minimum Gasteiger partial charge on any atom is -0.326 e. The van der Waals surface area contributed by atoms with E-state index < -0.39 is 23.4 Å². The van der Waals surface area contributed by atoms with Gasteiger partial charge in [-0.3, -0.25) is 0 Å². The summed E-state index contributed by atoms with van der Waals surface area (Å²) in [6, 6.07) is 6.25. The normalized spacial score (nSPS) is 11.7. The second kappa shape index (κ2) is 5.20. The average Bonchev–Trinajstić information content (AvgIpc) is 2.36. The number of rotatable bonds is 2. The highest BCUT2D eigenvalue weighted by atomic mass is 19.4. The Morgan fingerprint density at radius 1 is 0.950 bits per heavy atom. The second-order valence-corrected chi connectivity index (χ2v) is 4.20. The molecule has 0 saturated carbocycles. The summed E-state index contributed by atoms with van der Waals surface area (Å²) in [7, 11) is 0. The standard InChI is InChI=1S/C14H10F5N/c15-10-2-3-11(9(5-10)7-20)8-1-4-12(13(16)6-8)14(17,18)19/h1-6H,7,20H2. The molecule has 2 rings (SSSR count). The molecule has 0 aliphatic heterocycles. The van der Waals surface area contributed by atoms with E-state index >= 15 is 0 Å². The number of benzene rings is 2. The van der Waals surface area contributed by atoms with Gasteiger partial charge in [-0.1, -0.05) is 12.1 Å². The molecule has 2 N–H and O–H groups in total. The van der Waals surface area contributed by atoms with Crippen molar-refractivity contribution < 1.29 is 22.0 Å². The monoisotopic (exact) mass is 287 g/mol. The van der Waals surface area contributed by atoms with Gasteiger partial charge in [0.05, 0.1) is 5.56 Å². The van der Waals surface area contributed by atoms with Gasteiger partial charge in [-0.05, 0) is 41.0 Å². The summed E-state index contributed by atoms with van der Waals surface area (Å²) < 4.78 is 64.0. The van der Waals surface area contributed by atoms with Crippen LogP contribution in [0.4, 0.5) is 22.0 Å². The first kappa shape index (κ1) is 14.5. The summed E-state index contributed by atoms with van der Waals surface area (Å²) >= 11 is 0. The smallest absolute Gasteiger partial charge is 0.326 e. The fraction of sp³-hybridized carbons (Fsp3) is 0.143. The summed E-state index contributed by atoms with van der Waals surface area (Å²) in [4.78, 5) is 0. The van der Waals surface area contributed by atoms with Gasteiger partial charge in [-0.25, -0.2) is 8.78 Å². The van der Waals surface area contributed by atoms with Gasteiger partial charge in [0.2, 0.25) is 0 Å². The SMILES string of the molecule is NCc1cc(F)ccc1-c1ccc(C(F)(F)F)c(F)c1. The number of nitrogens with two attached hydrogens (primary N) is 1. The van der Waals surface area contributed by atoms with Gasteiger partial charge < -0.3 is 5.73 Å². The molecule has 0 aromatic heterocycles. The third-order valence-electron chi connectivity index (χ3n) is 2.87. The highest BCUT2D eigenvalue weighted by Crippen LogP contribution is 2.34. The third-order valence-corrected chi connectivity index (χ3v) is 2.87. The molecule has 0 aliphatic rings. The van der Waals surface area contributed by atoms with Crippen LogP contribution in [0.2, 0.25) is 0 Å². The molecule has 2 aromatic rings. The van der Waals surface area contributed by atoms with Gasteiger partial charge in [0.15, 0.2) is 0 Å². The molecule has 0 saturated heterocycles. The van der Waals surface area contributed by atoms with E-state index in [4.69, 9.17) is 5.73 Å².